The van der Waals surface area contributed by atoms with Crippen LogP contribution in [0.15, 0.2) is 49.1 Å². The maximum atomic E-state index is 12.5. The number of rotatable bonds is 8. The van der Waals surface area contributed by atoms with E-state index < -0.39 is 0 Å². The van der Waals surface area contributed by atoms with E-state index in [1.165, 1.54) is 28.0 Å². The van der Waals surface area contributed by atoms with Crippen LogP contribution >= 0.6 is 0 Å². The van der Waals surface area contributed by atoms with Crippen LogP contribution in [0.3, 0.4) is 0 Å². The van der Waals surface area contributed by atoms with E-state index in [-0.39, 0.29) is 24.4 Å². The van der Waals surface area contributed by atoms with E-state index >= 15 is 0 Å². The van der Waals surface area contributed by atoms with Crippen LogP contribution in [0.25, 0.3) is 10.8 Å². The molecule has 1 aliphatic heterocycles. The van der Waals surface area contributed by atoms with Crippen molar-refractivity contribution in [3.05, 3.63) is 71.4 Å². The van der Waals surface area contributed by atoms with Crippen LogP contribution in [-0.2, 0) is 17.6 Å². The summed E-state index contributed by atoms with van der Waals surface area (Å²) in [5.41, 5.74) is 4.86. The Morgan fingerprint density at radius 1 is 1.24 bits per heavy atom. The highest BCUT2D eigenvalue weighted by Gasteiger charge is 2.34. The second kappa shape index (κ2) is 12.3. The summed E-state index contributed by atoms with van der Waals surface area (Å²) in [7, 11) is 4.06. The van der Waals surface area contributed by atoms with Crippen molar-refractivity contribution < 1.29 is 9.53 Å². The van der Waals surface area contributed by atoms with E-state index in [2.05, 4.69) is 72.7 Å². The van der Waals surface area contributed by atoms with Crippen LogP contribution in [0.2, 0.25) is 0 Å². The Morgan fingerprint density at radius 2 is 2.02 bits per heavy atom. The standard InChI is InChI=1S/C33H40N6O2/c1-6-30(40)39-18-17-38(20-26(39)15-16-34)32-28-14-13-25(27-12-8-11-24-10-7-9-22(2)31(24)27)19-29(28)35-33(36-32)41-21-23(3)37(4)5/h6-12,23,25-26H,1,13-15,17-21H2,2-5H3/t23-,25?,26?/m1/s1. The smallest absolute Gasteiger partial charge is 0.318 e. The molecule has 0 bridgehead atoms. The van der Waals surface area contributed by atoms with Crippen molar-refractivity contribution in [3.8, 4) is 12.1 Å². The highest BCUT2D eigenvalue weighted by molar-refractivity contribution is 5.89. The third kappa shape index (κ3) is 5.91. The van der Waals surface area contributed by atoms with E-state index in [4.69, 9.17) is 14.7 Å². The first-order chi connectivity index (χ1) is 19.8. The van der Waals surface area contributed by atoms with Crippen molar-refractivity contribution in [2.24, 2.45) is 0 Å². The van der Waals surface area contributed by atoms with E-state index in [0.29, 0.717) is 38.2 Å². The molecular weight excluding hydrogens is 512 g/mol. The van der Waals surface area contributed by atoms with Gasteiger partial charge in [-0.05, 0) is 81.1 Å². The first-order valence-corrected chi connectivity index (χ1v) is 14.5. The van der Waals surface area contributed by atoms with Crippen LogP contribution in [0.4, 0.5) is 5.82 Å². The molecule has 2 heterocycles. The van der Waals surface area contributed by atoms with Gasteiger partial charge in [-0.25, -0.2) is 0 Å². The first-order valence-electron chi connectivity index (χ1n) is 14.5. The summed E-state index contributed by atoms with van der Waals surface area (Å²) in [6.07, 6.45) is 4.27. The normalized spacial score (nSPS) is 19.5. The molecule has 0 saturated carbocycles. The number of carbonyl (C=O) groups is 1. The number of anilines is 1. The topological polar surface area (TPSA) is 85.6 Å². The maximum Gasteiger partial charge on any atom is 0.318 e. The van der Waals surface area contributed by atoms with Crippen LogP contribution in [0.1, 0.15) is 48.1 Å². The number of hydrogen-bond acceptors (Lipinski definition) is 7. The molecule has 1 fully saturated rings. The number of hydrogen-bond donors (Lipinski definition) is 0. The largest absolute Gasteiger partial charge is 0.462 e. The number of carbonyl (C=O) groups excluding carboxylic acids is 1. The molecular formula is C33H40N6O2. The quantitative estimate of drug-likeness (QED) is 0.376. The van der Waals surface area contributed by atoms with Gasteiger partial charge in [0, 0.05) is 31.2 Å². The van der Waals surface area contributed by atoms with Gasteiger partial charge in [-0.2, -0.15) is 15.2 Å². The Hall–Kier alpha value is -3.96. The molecule has 2 unspecified atom stereocenters. The van der Waals surface area contributed by atoms with Gasteiger partial charge in [-0.1, -0.05) is 43.0 Å². The monoisotopic (exact) mass is 552 g/mol. The van der Waals surface area contributed by atoms with E-state index in [9.17, 15) is 10.1 Å². The van der Waals surface area contributed by atoms with E-state index in [1.807, 2.05) is 14.1 Å². The van der Waals surface area contributed by atoms with Crippen molar-refractivity contribution in [2.75, 3.05) is 45.2 Å². The molecule has 8 nitrogen and oxygen atoms in total. The summed E-state index contributed by atoms with van der Waals surface area (Å²) in [4.78, 5) is 28.5. The van der Waals surface area contributed by atoms with Crippen LogP contribution in [0.5, 0.6) is 6.01 Å². The van der Waals surface area contributed by atoms with Crippen molar-refractivity contribution in [1.29, 1.82) is 5.26 Å². The molecule has 214 valence electrons. The van der Waals surface area contributed by atoms with Gasteiger partial charge in [0.1, 0.15) is 12.4 Å². The van der Waals surface area contributed by atoms with Crippen molar-refractivity contribution in [1.82, 2.24) is 19.8 Å². The molecule has 2 aliphatic rings. The average Bonchev–Trinajstić information content (AvgIpc) is 2.98. The van der Waals surface area contributed by atoms with Crippen LogP contribution in [-0.4, -0.2) is 78.1 Å². The minimum atomic E-state index is -0.224. The third-order valence-corrected chi connectivity index (χ3v) is 8.72. The van der Waals surface area contributed by atoms with Gasteiger partial charge in [0.2, 0.25) is 5.91 Å². The van der Waals surface area contributed by atoms with Gasteiger partial charge < -0.3 is 19.4 Å². The number of benzene rings is 2. The summed E-state index contributed by atoms with van der Waals surface area (Å²) >= 11 is 0. The highest BCUT2D eigenvalue weighted by Crippen LogP contribution is 2.40. The molecule has 0 radical (unpaired) electrons. The number of nitriles is 1. The van der Waals surface area contributed by atoms with Gasteiger partial charge in [0.25, 0.3) is 0 Å². The Labute approximate surface area is 243 Å². The summed E-state index contributed by atoms with van der Waals surface area (Å²) in [6, 6.07) is 15.8. The predicted octanol–water partition coefficient (Wildman–Crippen LogP) is 4.66. The average molecular weight is 553 g/mol. The Balaban J connectivity index is 1.50. The molecule has 3 aromatic rings. The van der Waals surface area contributed by atoms with Crippen molar-refractivity contribution in [3.63, 3.8) is 0 Å². The molecule has 1 amide bonds. The first kappa shape index (κ1) is 28.6. The second-order valence-corrected chi connectivity index (χ2v) is 11.5. The molecule has 1 saturated heterocycles. The van der Waals surface area contributed by atoms with Gasteiger partial charge >= 0.3 is 6.01 Å². The molecule has 5 rings (SSSR count). The van der Waals surface area contributed by atoms with Crippen molar-refractivity contribution >= 4 is 22.5 Å². The number of piperazine rings is 1. The number of ether oxygens (including phenoxy) is 1. The van der Waals surface area contributed by atoms with Crippen LogP contribution in [0, 0.1) is 18.3 Å². The van der Waals surface area contributed by atoms with Gasteiger partial charge in [-0.3, -0.25) is 4.79 Å². The Morgan fingerprint density at radius 3 is 2.76 bits per heavy atom. The maximum absolute atomic E-state index is 12.5. The number of amides is 1. The van der Waals surface area contributed by atoms with Crippen molar-refractivity contribution in [2.45, 2.75) is 57.5 Å². The number of fused-ring (bicyclic) bond motifs is 2. The molecule has 0 spiro atoms. The molecule has 1 aromatic heterocycles. The number of aryl methyl sites for hydroxylation is 1. The minimum absolute atomic E-state index is 0.135. The van der Waals surface area contributed by atoms with Crippen LogP contribution < -0.4 is 9.64 Å². The lowest BCUT2D eigenvalue weighted by Gasteiger charge is -2.42. The summed E-state index contributed by atoms with van der Waals surface area (Å²) in [5.74, 6) is 1.09. The summed E-state index contributed by atoms with van der Waals surface area (Å²) < 4.78 is 6.19. The fourth-order valence-corrected chi connectivity index (χ4v) is 6.15. The van der Waals surface area contributed by atoms with E-state index in [0.717, 1.165) is 36.3 Å². The summed E-state index contributed by atoms with van der Waals surface area (Å²) in [6.45, 7) is 10.1. The highest BCUT2D eigenvalue weighted by atomic mass is 16.5. The lowest BCUT2D eigenvalue weighted by atomic mass is 9.80. The predicted molar refractivity (Wildman–Crippen MR) is 162 cm³/mol. The lowest BCUT2D eigenvalue weighted by Crippen LogP contribution is -2.55. The molecule has 1 aliphatic carbocycles. The molecule has 0 N–H and O–H groups in total. The van der Waals surface area contributed by atoms with Gasteiger partial charge in [-0.15, -0.1) is 0 Å². The molecule has 8 heteroatoms. The molecule has 2 aromatic carbocycles. The third-order valence-electron chi connectivity index (χ3n) is 8.72. The zero-order valence-electron chi connectivity index (χ0n) is 24.6. The molecule has 3 atom stereocenters. The fraction of sp³-hybridized carbons (Fsp3) is 0.455. The second-order valence-electron chi connectivity index (χ2n) is 11.5. The minimum Gasteiger partial charge on any atom is -0.462 e. The number of likely N-dealkylation sites (N-methyl/N-ethyl adjacent to an activating group) is 1. The zero-order valence-corrected chi connectivity index (χ0v) is 24.6. The number of nitrogens with zero attached hydrogens (tertiary/aromatic N) is 6. The SMILES string of the molecule is C=CC(=O)N1CCN(c2nc(OC[C@@H](C)N(C)C)nc3c2CCC(c2cccc4cccc(C)c24)C3)CC1CC#N. The lowest BCUT2D eigenvalue weighted by molar-refractivity contribution is -0.128. The van der Waals surface area contributed by atoms with Gasteiger partial charge in [0.15, 0.2) is 0 Å². The zero-order chi connectivity index (χ0) is 29.1. The fourth-order valence-electron chi connectivity index (χ4n) is 6.15. The summed E-state index contributed by atoms with van der Waals surface area (Å²) in [5, 5.41) is 12.1. The Kier molecular flexibility index (Phi) is 8.55. The molecule has 41 heavy (non-hydrogen) atoms. The van der Waals surface area contributed by atoms with E-state index in [1.54, 1.807) is 4.90 Å². The Bertz CT molecular complexity index is 1470. The number of aromatic nitrogens is 2. The van der Waals surface area contributed by atoms with Gasteiger partial charge in [0.05, 0.1) is 24.2 Å².